The van der Waals surface area contributed by atoms with Gasteiger partial charge in [0.1, 0.15) is 12.6 Å². The van der Waals surface area contributed by atoms with Crippen LogP contribution < -0.4 is 4.90 Å². The molecule has 2 saturated heterocycles. The van der Waals surface area contributed by atoms with Crippen LogP contribution in [0.2, 0.25) is 0 Å². The molecular formula is C24H34N6O7. The van der Waals surface area contributed by atoms with E-state index in [4.69, 9.17) is 9.84 Å². The van der Waals surface area contributed by atoms with Crippen molar-refractivity contribution in [3.8, 4) is 0 Å². The molecule has 202 valence electrons. The second kappa shape index (κ2) is 12.5. The Balaban J connectivity index is 1.68. The molecule has 3 amide bonds. The third kappa shape index (κ3) is 6.94. The van der Waals surface area contributed by atoms with Crippen LogP contribution in [0.15, 0.2) is 24.5 Å². The second-order valence-electron chi connectivity index (χ2n) is 9.24. The van der Waals surface area contributed by atoms with E-state index in [1.165, 1.54) is 12.0 Å². The van der Waals surface area contributed by atoms with Crippen molar-refractivity contribution in [3.63, 3.8) is 0 Å². The van der Waals surface area contributed by atoms with Crippen LogP contribution in [0.4, 0.5) is 5.69 Å². The highest BCUT2D eigenvalue weighted by Gasteiger charge is 2.42. The zero-order chi connectivity index (χ0) is 27.1. The van der Waals surface area contributed by atoms with Gasteiger partial charge < -0.3 is 29.4 Å². The van der Waals surface area contributed by atoms with Crippen molar-refractivity contribution in [2.45, 2.75) is 24.9 Å². The molecule has 2 fully saturated rings. The molecule has 0 radical (unpaired) electrons. The van der Waals surface area contributed by atoms with Gasteiger partial charge in [0.05, 0.1) is 26.0 Å². The summed E-state index contributed by atoms with van der Waals surface area (Å²) in [6, 6.07) is 1.78. The van der Waals surface area contributed by atoms with E-state index in [-0.39, 0.29) is 25.4 Å². The van der Waals surface area contributed by atoms with Crippen molar-refractivity contribution < 1.29 is 33.8 Å². The number of piperazine rings is 2. The number of hydrogen-bond acceptors (Lipinski definition) is 9. The molecule has 0 aromatic carbocycles. The minimum Gasteiger partial charge on any atom is -0.480 e. The normalized spacial score (nSPS) is 19.1. The van der Waals surface area contributed by atoms with Crippen LogP contribution in [0.25, 0.3) is 0 Å². The number of anilines is 1. The Labute approximate surface area is 215 Å². The molecule has 0 saturated carbocycles. The Morgan fingerprint density at radius 2 is 1.73 bits per heavy atom. The topological polar surface area (TPSA) is 144 Å². The summed E-state index contributed by atoms with van der Waals surface area (Å²) in [5.41, 5.74) is 1.03. The number of ether oxygens (including phenoxy) is 1. The van der Waals surface area contributed by atoms with E-state index in [2.05, 4.69) is 9.88 Å². The van der Waals surface area contributed by atoms with Gasteiger partial charge in [0, 0.05) is 57.3 Å². The number of esters is 1. The first-order chi connectivity index (χ1) is 17.6. The number of amides is 3. The molecule has 2 aliphatic heterocycles. The minimum atomic E-state index is -1.20. The molecule has 0 aliphatic carbocycles. The highest BCUT2D eigenvalue weighted by atomic mass is 16.5. The maximum absolute atomic E-state index is 13.6. The number of methoxy groups -OCH3 is 1. The van der Waals surface area contributed by atoms with Crippen molar-refractivity contribution in [3.05, 3.63) is 24.5 Å². The Morgan fingerprint density at radius 3 is 2.30 bits per heavy atom. The van der Waals surface area contributed by atoms with E-state index in [9.17, 15) is 24.0 Å². The number of hydrogen-bond donors (Lipinski definition) is 1. The van der Waals surface area contributed by atoms with Gasteiger partial charge in [0.2, 0.25) is 17.7 Å². The number of aromatic nitrogens is 1. The predicted octanol–water partition coefficient (Wildman–Crippen LogP) is -1.26. The average Bonchev–Trinajstić information content (AvgIpc) is 2.89. The molecule has 13 heteroatoms. The van der Waals surface area contributed by atoms with E-state index in [1.807, 2.05) is 12.1 Å². The summed E-state index contributed by atoms with van der Waals surface area (Å²) in [6.07, 6.45) is 2.96. The van der Waals surface area contributed by atoms with Gasteiger partial charge in [-0.2, -0.15) is 0 Å². The van der Waals surface area contributed by atoms with E-state index in [0.29, 0.717) is 26.2 Å². The summed E-state index contributed by atoms with van der Waals surface area (Å²) < 4.78 is 4.70. The number of carbonyl (C=O) groups is 5. The smallest absolute Gasteiger partial charge is 0.323 e. The minimum absolute atomic E-state index is 0.0135. The molecule has 1 aromatic heterocycles. The van der Waals surface area contributed by atoms with Crippen LogP contribution in [-0.2, 0) is 28.7 Å². The molecular weight excluding hydrogens is 484 g/mol. The number of pyridine rings is 1. The molecule has 0 spiro atoms. The van der Waals surface area contributed by atoms with Crippen molar-refractivity contribution >= 4 is 35.3 Å². The van der Waals surface area contributed by atoms with Crippen molar-refractivity contribution in [2.75, 3.05) is 71.9 Å². The maximum atomic E-state index is 13.6. The lowest BCUT2D eigenvalue weighted by Gasteiger charge is -2.42. The summed E-state index contributed by atoms with van der Waals surface area (Å²) >= 11 is 0. The lowest BCUT2D eigenvalue weighted by atomic mass is 10.0. The van der Waals surface area contributed by atoms with E-state index in [0.717, 1.165) is 10.6 Å². The van der Waals surface area contributed by atoms with Gasteiger partial charge in [-0.25, -0.2) is 0 Å². The number of aliphatic carboxylic acids is 1. The first-order valence-electron chi connectivity index (χ1n) is 12.1. The zero-order valence-corrected chi connectivity index (χ0v) is 21.4. The number of carboxylic acids is 1. The fraction of sp³-hybridized carbons (Fsp3) is 0.583. The Hall–Kier alpha value is -3.74. The third-order valence-corrected chi connectivity index (χ3v) is 6.72. The monoisotopic (exact) mass is 518 g/mol. The van der Waals surface area contributed by atoms with Gasteiger partial charge in [0.15, 0.2) is 0 Å². The molecule has 3 heterocycles. The Kier molecular flexibility index (Phi) is 9.39. The molecule has 0 unspecified atom stereocenters. The van der Waals surface area contributed by atoms with Gasteiger partial charge in [0.25, 0.3) is 0 Å². The van der Waals surface area contributed by atoms with Gasteiger partial charge in [-0.3, -0.25) is 33.9 Å². The average molecular weight is 519 g/mol. The Bertz CT molecular complexity index is 997. The van der Waals surface area contributed by atoms with Gasteiger partial charge >= 0.3 is 11.9 Å². The molecule has 13 nitrogen and oxygen atoms in total. The molecule has 2 aliphatic rings. The fourth-order valence-electron chi connectivity index (χ4n) is 4.61. The quantitative estimate of drug-likeness (QED) is 0.393. The first kappa shape index (κ1) is 27.8. The van der Waals surface area contributed by atoms with Crippen LogP contribution in [0.5, 0.6) is 0 Å². The van der Waals surface area contributed by atoms with E-state index < -0.39 is 48.8 Å². The maximum Gasteiger partial charge on any atom is 0.323 e. The molecule has 37 heavy (non-hydrogen) atoms. The lowest BCUT2D eigenvalue weighted by molar-refractivity contribution is -0.161. The van der Waals surface area contributed by atoms with Crippen LogP contribution >= 0.6 is 0 Å². The summed E-state index contributed by atoms with van der Waals surface area (Å²) in [4.78, 5) is 74.9. The first-order valence-corrected chi connectivity index (χ1v) is 12.1. The predicted molar refractivity (Wildman–Crippen MR) is 131 cm³/mol. The third-order valence-electron chi connectivity index (χ3n) is 6.72. The van der Waals surface area contributed by atoms with Crippen LogP contribution in [0, 0.1) is 0 Å². The standard InChI is InChI=1S/C24H34N6O7/c1-26(2)18(14-20(31)28-10-8-27(9-11-28)17-4-6-25-7-5-17)24(36)30-13-12-29(16-21(32)33)23(35)19(30)15-22(34)37-3/h4-7,18-19H,8-16H2,1-3H3,(H,32,33)/t18-,19+/m0/s1. The Morgan fingerprint density at radius 1 is 1.08 bits per heavy atom. The summed E-state index contributed by atoms with van der Waals surface area (Å²) in [7, 11) is 4.52. The van der Waals surface area contributed by atoms with Crippen LogP contribution in [-0.4, -0.2) is 138 Å². The highest BCUT2D eigenvalue weighted by molar-refractivity contribution is 5.96. The molecule has 3 rings (SSSR count). The van der Waals surface area contributed by atoms with Crippen LogP contribution in [0.3, 0.4) is 0 Å². The highest BCUT2D eigenvalue weighted by Crippen LogP contribution is 2.20. The summed E-state index contributed by atoms with van der Waals surface area (Å²) in [6.45, 7) is 1.84. The number of carbonyl (C=O) groups excluding carboxylic acids is 4. The van der Waals surface area contributed by atoms with Gasteiger partial charge in [-0.15, -0.1) is 0 Å². The molecule has 2 atom stereocenters. The second-order valence-corrected chi connectivity index (χ2v) is 9.24. The van der Waals surface area contributed by atoms with Gasteiger partial charge in [-0.1, -0.05) is 0 Å². The van der Waals surface area contributed by atoms with Crippen molar-refractivity contribution in [2.24, 2.45) is 0 Å². The van der Waals surface area contributed by atoms with Crippen molar-refractivity contribution in [1.82, 2.24) is 24.6 Å². The number of rotatable bonds is 9. The summed E-state index contributed by atoms with van der Waals surface area (Å²) in [5.74, 6) is -3.17. The molecule has 1 N–H and O–H groups in total. The largest absolute Gasteiger partial charge is 0.480 e. The lowest BCUT2D eigenvalue weighted by Crippen LogP contribution is -2.63. The number of likely N-dealkylation sites (N-methyl/N-ethyl adjacent to an activating group) is 1. The van der Waals surface area contributed by atoms with Crippen molar-refractivity contribution in [1.29, 1.82) is 0 Å². The SMILES string of the molecule is COC(=O)C[C@@H]1C(=O)N(CC(=O)O)CCN1C(=O)[C@H](CC(=O)N1CCN(c2ccncc2)CC1)N(C)C. The fourth-order valence-corrected chi connectivity index (χ4v) is 4.61. The van der Waals surface area contributed by atoms with E-state index in [1.54, 1.807) is 36.3 Å². The zero-order valence-electron chi connectivity index (χ0n) is 21.4. The van der Waals surface area contributed by atoms with E-state index >= 15 is 0 Å². The molecule has 1 aromatic rings. The number of carboxylic acid groups (broad SMARTS) is 1. The van der Waals surface area contributed by atoms with Gasteiger partial charge in [-0.05, 0) is 26.2 Å². The number of nitrogens with zero attached hydrogens (tertiary/aromatic N) is 6. The molecule has 0 bridgehead atoms. The van der Waals surface area contributed by atoms with Crippen LogP contribution in [0.1, 0.15) is 12.8 Å². The summed E-state index contributed by atoms with van der Waals surface area (Å²) in [5, 5.41) is 9.12.